The largest absolute Gasteiger partial charge is 0.496 e. The van der Waals surface area contributed by atoms with E-state index in [1.807, 2.05) is 55.5 Å². The highest BCUT2D eigenvalue weighted by Crippen LogP contribution is 2.38. The lowest BCUT2D eigenvalue weighted by atomic mass is 9.97. The second-order valence-electron chi connectivity index (χ2n) is 8.10. The summed E-state index contributed by atoms with van der Waals surface area (Å²) in [5, 5.41) is 0.933. The molecule has 0 radical (unpaired) electrons. The van der Waals surface area contributed by atoms with Crippen molar-refractivity contribution >= 4 is 11.0 Å². The Balaban J connectivity index is 1.49. The van der Waals surface area contributed by atoms with Crippen LogP contribution in [0.5, 0.6) is 11.5 Å². The summed E-state index contributed by atoms with van der Waals surface area (Å²) in [7, 11) is 1.70. The average molecular weight is 428 g/mol. The molecule has 5 rings (SSSR count). The fraction of sp³-hybridized carbons (Fsp3) is 0.222. The van der Waals surface area contributed by atoms with Crippen LogP contribution in [0.4, 0.5) is 0 Å². The standard InChI is InChI=1S/C27H25NO4/c1-18-26-21(16-28(17-31-26)13-12-20-10-6-7-11-24(20)30-2)14-23-22(15-25(29)32-27(18)23)19-8-4-3-5-9-19/h3-11,14-15H,12-13,16-17H2,1-2H3. The van der Waals surface area contributed by atoms with Crippen molar-refractivity contribution in [1.29, 1.82) is 0 Å². The monoisotopic (exact) mass is 427 g/mol. The fourth-order valence-corrected chi connectivity index (χ4v) is 4.46. The second-order valence-corrected chi connectivity index (χ2v) is 8.10. The van der Waals surface area contributed by atoms with Crippen LogP contribution in [0.2, 0.25) is 0 Å². The maximum atomic E-state index is 12.3. The fourth-order valence-electron chi connectivity index (χ4n) is 4.46. The van der Waals surface area contributed by atoms with E-state index in [4.69, 9.17) is 13.9 Å². The highest BCUT2D eigenvalue weighted by molar-refractivity contribution is 5.96. The van der Waals surface area contributed by atoms with E-state index in [1.165, 1.54) is 5.56 Å². The van der Waals surface area contributed by atoms with Gasteiger partial charge in [0.15, 0.2) is 0 Å². The maximum Gasteiger partial charge on any atom is 0.336 e. The Bertz CT molecular complexity index is 1330. The van der Waals surface area contributed by atoms with Gasteiger partial charge in [0.1, 0.15) is 23.8 Å². The van der Waals surface area contributed by atoms with Crippen LogP contribution in [0.3, 0.4) is 0 Å². The second kappa shape index (κ2) is 8.52. The van der Waals surface area contributed by atoms with Gasteiger partial charge in [0.2, 0.25) is 0 Å². The summed E-state index contributed by atoms with van der Waals surface area (Å²) in [6.45, 7) is 4.08. The molecule has 0 bridgehead atoms. The zero-order chi connectivity index (χ0) is 22.1. The first-order valence-corrected chi connectivity index (χ1v) is 10.8. The van der Waals surface area contributed by atoms with E-state index < -0.39 is 0 Å². The molecular weight excluding hydrogens is 402 g/mol. The van der Waals surface area contributed by atoms with E-state index in [-0.39, 0.29) is 5.63 Å². The van der Waals surface area contributed by atoms with Gasteiger partial charge in [-0.05, 0) is 42.2 Å². The first kappa shape index (κ1) is 20.3. The number of fused-ring (bicyclic) bond motifs is 2. The SMILES string of the molecule is COc1ccccc1CCN1COc2c(cc3c(-c4ccccc4)cc(=O)oc3c2C)C1. The van der Waals surface area contributed by atoms with Gasteiger partial charge >= 0.3 is 5.63 Å². The van der Waals surface area contributed by atoms with Crippen LogP contribution in [0.25, 0.3) is 22.1 Å². The van der Waals surface area contributed by atoms with Crippen molar-refractivity contribution in [2.24, 2.45) is 0 Å². The van der Waals surface area contributed by atoms with E-state index in [9.17, 15) is 4.79 Å². The summed E-state index contributed by atoms with van der Waals surface area (Å²) in [6, 6.07) is 21.7. The Morgan fingerprint density at radius 3 is 2.62 bits per heavy atom. The number of hydrogen-bond acceptors (Lipinski definition) is 5. The topological polar surface area (TPSA) is 51.9 Å². The summed E-state index contributed by atoms with van der Waals surface area (Å²) in [4.78, 5) is 14.6. The van der Waals surface area contributed by atoms with Gasteiger partial charge in [-0.15, -0.1) is 0 Å². The van der Waals surface area contributed by atoms with Gasteiger partial charge in [-0.2, -0.15) is 0 Å². The molecule has 0 fully saturated rings. The highest BCUT2D eigenvalue weighted by Gasteiger charge is 2.23. The lowest BCUT2D eigenvalue weighted by molar-refractivity contribution is 0.0957. The van der Waals surface area contributed by atoms with Crippen LogP contribution >= 0.6 is 0 Å². The minimum Gasteiger partial charge on any atom is -0.496 e. The molecule has 1 aromatic heterocycles. The molecule has 0 amide bonds. The Labute approximate surface area is 186 Å². The lowest BCUT2D eigenvalue weighted by Crippen LogP contribution is -2.34. The van der Waals surface area contributed by atoms with Gasteiger partial charge in [-0.25, -0.2) is 4.79 Å². The van der Waals surface area contributed by atoms with Crippen molar-refractivity contribution in [1.82, 2.24) is 4.90 Å². The number of ether oxygens (including phenoxy) is 2. The Kier molecular flexibility index (Phi) is 5.41. The van der Waals surface area contributed by atoms with Gasteiger partial charge in [-0.3, -0.25) is 4.90 Å². The number of methoxy groups -OCH3 is 1. The molecular formula is C27H25NO4. The number of rotatable bonds is 5. The van der Waals surface area contributed by atoms with Gasteiger partial charge < -0.3 is 13.9 Å². The Morgan fingerprint density at radius 2 is 1.81 bits per heavy atom. The smallest absolute Gasteiger partial charge is 0.336 e. The van der Waals surface area contributed by atoms with Crippen LogP contribution < -0.4 is 15.1 Å². The zero-order valence-electron chi connectivity index (χ0n) is 18.3. The summed E-state index contributed by atoms with van der Waals surface area (Å²) in [5.41, 5.74) is 5.28. The third kappa shape index (κ3) is 3.76. The minimum absolute atomic E-state index is 0.353. The van der Waals surface area contributed by atoms with Crippen molar-refractivity contribution in [3.8, 4) is 22.6 Å². The van der Waals surface area contributed by atoms with E-state index >= 15 is 0 Å². The van der Waals surface area contributed by atoms with E-state index in [2.05, 4.69) is 17.0 Å². The molecule has 3 aromatic carbocycles. The van der Waals surface area contributed by atoms with Crippen LogP contribution in [-0.4, -0.2) is 25.3 Å². The summed E-state index contributed by atoms with van der Waals surface area (Å²) >= 11 is 0. The summed E-state index contributed by atoms with van der Waals surface area (Å²) < 4.78 is 17.2. The minimum atomic E-state index is -0.353. The van der Waals surface area contributed by atoms with Crippen molar-refractivity contribution in [2.45, 2.75) is 19.9 Å². The van der Waals surface area contributed by atoms with E-state index in [0.29, 0.717) is 12.3 Å². The molecule has 162 valence electrons. The predicted octanol–water partition coefficient (Wildman–Crippen LogP) is 5.17. The molecule has 4 aromatic rings. The van der Waals surface area contributed by atoms with E-state index in [0.717, 1.165) is 58.6 Å². The van der Waals surface area contributed by atoms with Crippen LogP contribution in [0.1, 0.15) is 16.7 Å². The molecule has 32 heavy (non-hydrogen) atoms. The van der Waals surface area contributed by atoms with Gasteiger partial charge in [0.05, 0.1) is 7.11 Å². The van der Waals surface area contributed by atoms with Crippen molar-refractivity contribution in [3.63, 3.8) is 0 Å². The van der Waals surface area contributed by atoms with Gasteiger partial charge in [0, 0.05) is 35.7 Å². The van der Waals surface area contributed by atoms with Crippen LogP contribution in [-0.2, 0) is 13.0 Å². The molecule has 5 heteroatoms. The van der Waals surface area contributed by atoms with Crippen molar-refractivity contribution < 1.29 is 13.9 Å². The van der Waals surface area contributed by atoms with Crippen LogP contribution in [0.15, 0.2) is 75.9 Å². The molecule has 0 saturated carbocycles. The third-order valence-electron chi connectivity index (χ3n) is 6.05. The molecule has 0 atom stereocenters. The van der Waals surface area contributed by atoms with Crippen LogP contribution in [0, 0.1) is 6.92 Å². The Hall–Kier alpha value is -3.57. The Morgan fingerprint density at radius 1 is 1.03 bits per heavy atom. The molecule has 2 heterocycles. The predicted molar refractivity (Wildman–Crippen MR) is 125 cm³/mol. The summed E-state index contributed by atoms with van der Waals surface area (Å²) in [6.07, 6.45) is 0.874. The molecule has 0 saturated heterocycles. The molecule has 0 N–H and O–H groups in total. The maximum absolute atomic E-state index is 12.3. The van der Waals surface area contributed by atoms with Gasteiger partial charge in [0.25, 0.3) is 0 Å². The normalized spacial score (nSPS) is 13.6. The number of para-hydroxylation sites is 1. The quantitative estimate of drug-likeness (QED) is 0.411. The number of nitrogens with zero attached hydrogens (tertiary/aromatic N) is 1. The van der Waals surface area contributed by atoms with Crippen molar-refractivity contribution in [3.05, 3.63) is 93.8 Å². The van der Waals surface area contributed by atoms with Crippen molar-refractivity contribution in [2.75, 3.05) is 20.4 Å². The number of aryl methyl sites for hydroxylation is 1. The molecule has 1 aliphatic heterocycles. The first-order valence-electron chi connectivity index (χ1n) is 10.8. The summed E-state index contributed by atoms with van der Waals surface area (Å²) in [5.74, 6) is 1.73. The zero-order valence-corrected chi connectivity index (χ0v) is 18.3. The van der Waals surface area contributed by atoms with Gasteiger partial charge in [-0.1, -0.05) is 48.5 Å². The molecule has 0 aliphatic carbocycles. The highest BCUT2D eigenvalue weighted by atomic mass is 16.5. The average Bonchev–Trinajstić information content (AvgIpc) is 2.83. The first-order chi connectivity index (χ1) is 15.6. The molecule has 5 nitrogen and oxygen atoms in total. The third-order valence-corrected chi connectivity index (χ3v) is 6.05. The molecule has 0 unspecified atom stereocenters. The number of hydrogen-bond donors (Lipinski definition) is 0. The molecule has 1 aliphatic rings. The van der Waals surface area contributed by atoms with E-state index in [1.54, 1.807) is 13.2 Å². The lowest BCUT2D eigenvalue weighted by Gasteiger charge is -2.30. The number of benzene rings is 3. The molecule has 0 spiro atoms.